The fourth-order valence-corrected chi connectivity index (χ4v) is 2.54. The van der Waals surface area contributed by atoms with Crippen molar-refractivity contribution in [3.63, 3.8) is 0 Å². The predicted octanol–water partition coefficient (Wildman–Crippen LogP) is 4.16. The van der Waals surface area contributed by atoms with E-state index in [1.54, 1.807) is 6.08 Å². The molecule has 0 saturated carbocycles. The van der Waals surface area contributed by atoms with Crippen LogP contribution in [0.4, 0.5) is 0 Å². The van der Waals surface area contributed by atoms with E-state index < -0.39 is 6.10 Å². The first kappa shape index (κ1) is 21.1. The second kappa shape index (κ2) is 11.6. The molecular formula is C21H30O4. The SMILES string of the molecule is C=C[C@@H](O[C@@H](C(=O)OC)[C@H](C)/C=C/C)[C@@H](C)COCc1ccccc1. The molecule has 0 radical (unpaired) electrons. The fraction of sp³-hybridized carbons (Fsp3) is 0.476. The highest BCUT2D eigenvalue weighted by atomic mass is 16.6. The van der Waals surface area contributed by atoms with Gasteiger partial charge in [-0.3, -0.25) is 0 Å². The third-order valence-electron chi connectivity index (χ3n) is 4.00. The summed E-state index contributed by atoms with van der Waals surface area (Å²) in [5.74, 6) is -0.404. The van der Waals surface area contributed by atoms with E-state index in [1.165, 1.54) is 7.11 Å². The maximum atomic E-state index is 12.1. The fourth-order valence-electron chi connectivity index (χ4n) is 2.54. The highest BCUT2D eigenvalue weighted by Gasteiger charge is 2.29. The summed E-state index contributed by atoms with van der Waals surface area (Å²) in [4.78, 5) is 12.1. The van der Waals surface area contributed by atoms with E-state index in [0.29, 0.717) is 13.2 Å². The van der Waals surface area contributed by atoms with Gasteiger partial charge in [-0.15, -0.1) is 6.58 Å². The van der Waals surface area contributed by atoms with Crippen molar-refractivity contribution in [1.82, 2.24) is 0 Å². The number of hydrogen-bond donors (Lipinski definition) is 0. The summed E-state index contributed by atoms with van der Waals surface area (Å²) >= 11 is 0. The average molecular weight is 346 g/mol. The number of benzene rings is 1. The van der Waals surface area contributed by atoms with Crippen molar-refractivity contribution < 1.29 is 19.0 Å². The lowest BCUT2D eigenvalue weighted by Gasteiger charge is -2.28. The van der Waals surface area contributed by atoms with Gasteiger partial charge >= 0.3 is 5.97 Å². The quantitative estimate of drug-likeness (QED) is 0.446. The molecule has 4 heteroatoms. The topological polar surface area (TPSA) is 44.8 Å². The van der Waals surface area contributed by atoms with E-state index in [4.69, 9.17) is 14.2 Å². The van der Waals surface area contributed by atoms with Gasteiger partial charge in [-0.05, 0) is 12.5 Å². The predicted molar refractivity (Wildman–Crippen MR) is 100 cm³/mol. The summed E-state index contributed by atoms with van der Waals surface area (Å²) in [5, 5.41) is 0. The molecule has 0 fully saturated rings. The lowest BCUT2D eigenvalue weighted by molar-refractivity contribution is -0.161. The Morgan fingerprint density at radius 2 is 1.92 bits per heavy atom. The van der Waals surface area contributed by atoms with E-state index in [-0.39, 0.29) is 23.9 Å². The lowest BCUT2D eigenvalue weighted by Crippen LogP contribution is -2.37. The molecule has 0 amide bonds. The van der Waals surface area contributed by atoms with Gasteiger partial charge in [-0.25, -0.2) is 4.79 Å². The van der Waals surface area contributed by atoms with Crippen LogP contribution in [-0.2, 0) is 25.6 Å². The molecular weight excluding hydrogens is 316 g/mol. The van der Waals surface area contributed by atoms with Crippen molar-refractivity contribution in [2.24, 2.45) is 11.8 Å². The molecule has 25 heavy (non-hydrogen) atoms. The molecule has 138 valence electrons. The van der Waals surface area contributed by atoms with Crippen LogP contribution in [0.2, 0.25) is 0 Å². The Hall–Kier alpha value is -1.91. The van der Waals surface area contributed by atoms with Gasteiger partial charge in [0.2, 0.25) is 0 Å². The Balaban J connectivity index is 2.61. The number of carbonyl (C=O) groups is 1. The van der Waals surface area contributed by atoms with E-state index in [9.17, 15) is 4.79 Å². The van der Waals surface area contributed by atoms with Gasteiger partial charge in [0.1, 0.15) is 0 Å². The summed E-state index contributed by atoms with van der Waals surface area (Å²) in [6, 6.07) is 10.0. The standard InChI is InChI=1S/C21H30O4/c1-6-11-16(3)20(21(22)23-5)25-19(7-2)17(4)14-24-15-18-12-9-8-10-13-18/h6-13,16-17,19-20H,2,14-15H2,1,3-5H3/b11-6+/t16-,17+,19-,20-/m1/s1. The zero-order valence-electron chi connectivity index (χ0n) is 15.7. The van der Waals surface area contributed by atoms with Gasteiger partial charge in [0.25, 0.3) is 0 Å². The first-order valence-corrected chi connectivity index (χ1v) is 8.63. The molecule has 4 nitrogen and oxygen atoms in total. The number of ether oxygens (including phenoxy) is 3. The highest BCUT2D eigenvalue weighted by Crippen LogP contribution is 2.19. The maximum Gasteiger partial charge on any atom is 0.335 e. The summed E-state index contributed by atoms with van der Waals surface area (Å²) in [7, 11) is 1.37. The Kier molecular flexibility index (Phi) is 9.81. The molecule has 0 bridgehead atoms. The van der Waals surface area contributed by atoms with Crippen LogP contribution in [0, 0.1) is 11.8 Å². The molecule has 0 aromatic heterocycles. The Morgan fingerprint density at radius 3 is 2.48 bits per heavy atom. The molecule has 0 aliphatic heterocycles. The molecule has 1 rings (SSSR count). The first-order chi connectivity index (χ1) is 12.0. The van der Waals surface area contributed by atoms with Crippen LogP contribution in [0.1, 0.15) is 26.3 Å². The minimum Gasteiger partial charge on any atom is -0.467 e. The number of rotatable bonds is 11. The van der Waals surface area contributed by atoms with Crippen LogP contribution in [-0.4, -0.2) is 31.9 Å². The van der Waals surface area contributed by atoms with Crippen LogP contribution in [0.15, 0.2) is 55.1 Å². The van der Waals surface area contributed by atoms with Gasteiger partial charge in [0, 0.05) is 11.8 Å². The van der Waals surface area contributed by atoms with Crippen molar-refractivity contribution in [1.29, 1.82) is 0 Å². The Morgan fingerprint density at radius 1 is 1.24 bits per heavy atom. The van der Waals surface area contributed by atoms with E-state index in [2.05, 4.69) is 6.58 Å². The second-order valence-electron chi connectivity index (χ2n) is 6.14. The van der Waals surface area contributed by atoms with Crippen LogP contribution in [0.5, 0.6) is 0 Å². The molecule has 0 aliphatic carbocycles. The zero-order chi connectivity index (χ0) is 18.7. The normalized spacial score (nSPS) is 16.2. The van der Waals surface area contributed by atoms with Crippen LogP contribution < -0.4 is 0 Å². The molecule has 0 N–H and O–H groups in total. The average Bonchev–Trinajstić information content (AvgIpc) is 2.63. The molecule has 4 atom stereocenters. The molecule has 0 heterocycles. The van der Waals surface area contributed by atoms with Gasteiger partial charge in [0.05, 0.1) is 26.4 Å². The lowest BCUT2D eigenvalue weighted by atomic mass is 10.0. The summed E-state index contributed by atoms with van der Waals surface area (Å²) in [6.07, 6.45) is 4.58. The number of methoxy groups -OCH3 is 1. The van der Waals surface area contributed by atoms with Gasteiger partial charge in [0.15, 0.2) is 6.10 Å². The number of esters is 1. The van der Waals surface area contributed by atoms with E-state index >= 15 is 0 Å². The van der Waals surface area contributed by atoms with Gasteiger partial charge in [-0.2, -0.15) is 0 Å². The highest BCUT2D eigenvalue weighted by molar-refractivity contribution is 5.75. The molecule has 1 aromatic carbocycles. The van der Waals surface area contributed by atoms with E-state index in [0.717, 1.165) is 5.56 Å². The molecule has 0 unspecified atom stereocenters. The third-order valence-corrected chi connectivity index (χ3v) is 4.00. The second-order valence-corrected chi connectivity index (χ2v) is 6.14. The Bertz CT molecular complexity index is 538. The van der Waals surface area contributed by atoms with Crippen molar-refractivity contribution in [2.75, 3.05) is 13.7 Å². The van der Waals surface area contributed by atoms with Crippen molar-refractivity contribution in [3.05, 3.63) is 60.7 Å². The van der Waals surface area contributed by atoms with Crippen molar-refractivity contribution >= 4 is 5.97 Å². The van der Waals surface area contributed by atoms with Crippen molar-refractivity contribution in [2.45, 2.75) is 39.6 Å². The van der Waals surface area contributed by atoms with Crippen LogP contribution in [0.25, 0.3) is 0 Å². The largest absolute Gasteiger partial charge is 0.467 e. The van der Waals surface area contributed by atoms with E-state index in [1.807, 2.05) is 63.3 Å². The van der Waals surface area contributed by atoms with Gasteiger partial charge in [-0.1, -0.05) is 62.4 Å². The van der Waals surface area contributed by atoms with Gasteiger partial charge < -0.3 is 14.2 Å². The summed E-state index contributed by atoms with van der Waals surface area (Å²) < 4.78 is 16.7. The third kappa shape index (κ3) is 7.24. The monoisotopic (exact) mass is 346 g/mol. The van der Waals surface area contributed by atoms with Crippen molar-refractivity contribution in [3.8, 4) is 0 Å². The summed E-state index contributed by atoms with van der Waals surface area (Å²) in [6.45, 7) is 10.8. The maximum absolute atomic E-state index is 12.1. The molecule has 0 aliphatic rings. The first-order valence-electron chi connectivity index (χ1n) is 8.63. The zero-order valence-corrected chi connectivity index (χ0v) is 15.7. The Labute approximate surface area is 151 Å². The smallest absolute Gasteiger partial charge is 0.335 e. The minimum atomic E-state index is -0.666. The number of hydrogen-bond acceptors (Lipinski definition) is 4. The molecule has 0 spiro atoms. The minimum absolute atomic E-state index is 0.0613. The molecule has 0 saturated heterocycles. The summed E-state index contributed by atoms with van der Waals surface area (Å²) in [5.41, 5.74) is 1.12. The van der Waals surface area contributed by atoms with Crippen LogP contribution >= 0.6 is 0 Å². The van der Waals surface area contributed by atoms with Crippen LogP contribution in [0.3, 0.4) is 0 Å². The number of allylic oxidation sites excluding steroid dienone is 1. The molecule has 1 aromatic rings. The number of carbonyl (C=O) groups excluding carboxylic acids is 1.